The monoisotopic (exact) mass is 289 g/mol. The molecule has 1 aromatic rings. The quantitative estimate of drug-likeness (QED) is 0.836. The van der Waals surface area contributed by atoms with Gasteiger partial charge in [-0.3, -0.25) is 0 Å². The molecule has 0 aliphatic heterocycles. The van der Waals surface area contributed by atoms with E-state index in [-0.39, 0.29) is 24.2 Å². The van der Waals surface area contributed by atoms with Crippen LogP contribution in [-0.2, 0) is 16.4 Å². The number of benzene rings is 1. The smallest absolute Gasteiger partial charge is 0.211 e. The van der Waals surface area contributed by atoms with Crippen LogP contribution in [-0.4, -0.2) is 26.8 Å². The van der Waals surface area contributed by atoms with Crippen LogP contribution >= 0.6 is 0 Å². The fourth-order valence-corrected chi connectivity index (χ4v) is 2.12. The molecule has 0 aliphatic carbocycles. The summed E-state index contributed by atoms with van der Waals surface area (Å²) in [6, 6.07) is 4.68. The molecule has 1 rings (SSSR count). The lowest BCUT2D eigenvalue weighted by atomic mass is 10.1. The Morgan fingerprint density at radius 2 is 2.05 bits per heavy atom. The molecule has 1 N–H and O–H groups in total. The van der Waals surface area contributed by atoms with Crippen LogP contribution in [0.25, 0.3) is 0 Å². The van der Waals surface area contributed by atoms with Crippen molar-refractivity contribution in [2.24, 2.45) is 0 Å². The van der Waals surface area contributed by atoms with Gasteiger partial charge in [-0.25, -0.2) is 17.5 Å². The highest BCUT2D eigenvalue weighted by Gasteiger charge is 2.08. The van der Waals surface area contributed by atoms with Crippen molar-refractivity contribution in [1.82, 2.24) is 4.72 Å². The number of hydrogen-bond donors (Lipinski definition) is 1. The molecule has 0 amide bonds. The number of sulfonamides is 1. The van der Waals surface area contributed by atoms with E-state index in [0.717, 1.165) is 5.56 Å². The second-order valence-electron chi connectivity index (χ2n) is 4.48. The molecule has 0 aromatic heterocycles. The summed E-state index contributed by atoms with van der Waals surface area (Å²) in [4.78, 5) is 0. The molecule has 0 heterocycles. The average molecular weight is 289 g/mol. The van der Waals surface area contributed by atoms with Crippen molar-refractivity contribution in [2.75, 3.05) is 12.3 Å². The lowest BCUT2D eigenvalue weighted by Gasteiger charge is -2.11. The van der Waals surface area contributed by atoms with Crippen molar-refractivity contribution in [3.05, 3.63) is 29.6 Å². The molecule has 108 valence electrons. The maximum absolute atomic E-state index is 13.7. The normalized spacial score (nSPS) is 11.8. The summed E-state index contributed by atoms with van der Waals surface area (Å²) in [5, 5.41) is 0. The van der Waals surface area contributed by atoms with Gasteiger partial charge in [-0.15, -0.1) is 0 Å². The zero-order chi connectivity index (χ0) is 14.5. The molecule has 0 spiro atoms. The Balaban J connectivity index is 2.59. The van der Waals surface area contributed by atoms with Gasteiger partial charge in [-0.2, -0.15) is 0 Å². The Morgan fingerprint density at radius 1 is 1.37 bits per heavy atom. The van der Waals surface area contributed by atoms with Crippen molar-refractivity contribution in [3.8, 4) is 5.75 Å². The van der Waals surface area contributed by atoms with Crippen LogP contribution in [0.5, 0.6) is 5.75 Å². The van der Waals surface area contributed by atoms with Gasteiger partial charge in [-0.05, 0) is 44.9 Å². The number of rotatable bonds is 7. The Kier molecular flexibility index (Phi) is 5.75. The van der Waals surface area contributed by atoms with E-state index in [4.69, 9.17) is 4.74 Å². The van der Waals surface area contributed by atoms with E-state index in [2.05, 4.69) is 4.72 Å². The van der Waals surface area contributed by atoms with Crippen molar-refractivity contribution in [3.63, 3.8) is 0 Å². The third kappa shape index (κ3) is 5.57. The summed E-state index contributed by atoms with van der Waals surface area (Å²) in [6.07, 6.45) is 0.356. The maximum atomic E-state index is 13.7. The van der Waals surface area contributed by atoms with E-state index in [1.807, 2.05) is 13.8 Å². The Labute approximate surface area is 114 Å². The highest BCUT2D eigenvalue weighted by atomic mass is 32.2. The van der Waals surface area contributed by atoms with Gasteiger partial charge in [0, 0.05) is 6.54 Å². The summed E-state index contributed by atoms with van der Waals surface area (Å²) in [7, 11) is -3.19. The SMILES string of the molecule is CCS(=O)(=O)NCCc1ccc(OC(C)C)c(F)c1. The van der Waals surface area contributed by atoms with Crippen molar-refractivity contribution < 1.29 is 17.5 Å². The zero-order valence-electron chi connectivity index (χ0n) is 11.4. The third-order valence-electron chi connectivity index (χ3n) is 2.47. The van der Waals surface area contributed by atoms with E-state index in [9.17, 15) is 12.8 Å². The molecule has 0 aliphatic rings. The molecule has 0 fully saturated rings. The first-order chi connectivity index (χ1) is 8.84. The van der Waals surface area contributed by atoms with Crippen LogP contribution in [0, 0.1) is 5.82 Å². The average Bonchev–Trinajstić information content (AvgIpc) is 2.32. The second-order valence-corrected chi connectivity index (χ2v) is 6.57. The van der Waals surface area contributed by atoms with E-state index in [0.29, 0.717) is 6.42 Å². The molecule has 1 aromatic carbocycles. The molecule has 0 unspecified atom stereocenters. The van der Waals surface area contributed by atoms with Gasteiger partial charge in [0.25, 0.3) is 0 Å². The molecule has 6 heteroatoms. The Hall–Kier alpha value is -1.14. The van der Waals surface area contributed by atoms with Gasteiger partial charge in [-0.1, -0.05) is 6.07 Å². The molecular formula is C13H20FNO3S. The van der Waals surface area contributed by atoms with Crippen LogP contribution in [0.1, 0.15) is 26.3 Å². The third-order valence-corrected chi connectivity index (χ3v) is 3.88. The van der Waals surface area contributed by atoms with Crippen molar-refractivity contribution in [2.45, 2.75) is 33.3 Å². The van der Waals surface area contributed by atoms with Gasteiger partial charge < -0.3 is 4.74 Å². The van der Waals surface area contributed by atoms with Crippen LogP contribution in [0.3, 0.4) is 0 Å². The first kappa shape index (κ1) is 15.9. The summed E-state index contributed by atoms with van der Waals surface area (Å²) >= 11 is 0. The van der Waals surface area contributed by atoms with E-state index < -0.39 is 15.8 Å². The molecule has 0 saturated carbocycles. The van der Waals surface area contributed by atoms with Gasteiger partial charge in [0.2, 0.25) is 10.0 Å². The van der Waals surface area contributed by atoms with Crippen LogP contribution in [0.4, 0.5) is 4.39 Å². The number of halogens is 1. The fourth-order valence-electron chi connectivity index (χ4n) is 1.50. The van der Waals surface area contributed by atoms with E-state index >= 15 is 0 Å². The van der Waals surface area contributed by atoms with E-state index in [1.54, 1.807) is 19.1 Å². The molecule has 0 saturated heterocycles. The number of ether oxygens (including phenoxy) is 1. The van der Waals surface area contributed by atoms with Crippen LogP contribution < -0.4 is 9.46 Å². The largest absolute Gasteiger partial charge is 0.488 e. The molecular weight excluding hydrogens is 269 g/mol. The van der Waals surface area contributed by atoms with Gasteiger partial charge >= 0.3 is 0 Å². The van der Waals surface area contributed by atoms with E-state index in [1.165, 1.54) is 6.07 Å². The summed E-state index contributed by atoms with van der Waals surface area (Å²) in [5.41, 5.74) is 0.729. The van der Waals surface area contributed by atoms with Crippen molar-refractivity contribution >= 4 is 10.0 Å². The minimum absolute atomic E-state index is 0.0442. The first-order valence-corrected chi connectivity index (χ1v) is 7.91. The number of hydrogen-bond acceptors (Lipinski definition) is 3. The van der Waals surface area contributed by atoms with Crippen LogP contribution in [0.15, 0.2) is 18.2 Å². The minimum Gasteiger partial charge on any atom is -0.488 e. The minimum atomic E-state index is -3.19. The molecule has 19 heavy (non-hydrogen) atoms. The molecule has 0 radical (unpaired) electrons. The van der Waals surface area contributed by atoms with Gasteiger partial charge in [0.1, 0.15) is 0 Å². The predicted molar refractivity (Wildman–Crippen MR) is 73.3 cm³/mol. The number of nitrogens with one attached hydrogen (secondary N) is 1. The van der Waals surface area contributed by atoms with Gasteiger partial charge in [0.05, 0.1) is 11.9 Å². The highest BCUT2D eigenvalue weighted by Crippen LogP contribution is 2.19. The predicted octanol–water partition coefficient (Wildman–Crippen LogP) is 2.09. The van der Waals surface area contributed by atoms with Crippen LogP contribution in [0.2, 0.25) is 0 Å². The Morgan fingerprint density at radius 3 is 2.58 bits per heavy atom. The standard InChI is InChI=1S/C13H20FNO3S/c1-4-19(16,17)15-8-7-11-5-6-13(12(14)9-11)18-10(2)3/h5-6,9-10,15H,4,7-8H2,1-3H3. The molecule has 0 bridgehead atoms. The lowest BCUT2D eigenvalue weighted by Crippen LogP contribution is -2.27. The van der Waals surface area contributed by atoms with Gasteiger partial charge in [0.15, 0.2) is 11.6 Å². The fraction of sp³-hybridized carbons (Fsp3) is 0.538. The summed E-state index contributed by atoms with van der Waals surface area (Å²) in [5.74, 6) is -0.167. The maximum Gasteiger partial charge on any atom is 0.211 e. The summed E-state index contributed by atoms with van der Waals surface area (Å²) < 4.78 is 43.9. The Bertz CT molecular complexity index is 515. The molecule has 0 atom stereocenters. The first-order valence-electron chi connectivity index (χ1n) is 6.26. The highest BCUT2D eigenvalue weighted by molar-refractivity contribution is 7.89. The topological polar surface area (TPSA) is 55.4 Å². The zero-order valence-corrected chi connectivity index (χ0v) is 12.3. The summed E-state index contributed by atoms with van der Waals surface area (Å²) in [6.45, 7) is 5.49. The second kappa shape index (κ2) is 6.86. The lowest BCUT2D eigenvalue weighted by molar-refractivity contribution is 0.231. The van der Waals surface area contributed by atoms with Crippen molar-refractivity contribution in [1.29, 1.82) is 0 Å². The molecule has 4 nitrogen and oxygen atoms in total.